The first kappa shape index (κ1) is 14.5. The normalized spacial score (nSPS) is 13.5. The van der Waals surface area contributed by atoms with Gasteiger partial charge in [0.25, 0.3) is 0 Å². The smallest absolute Gasteiger partial charge is 0.242 e. The molecule has 0 spiro atoms. The zero-order valence-electron chi connectivity index (χ0n) is 13.3. The van der Waals surface area contributed by atoms with Crippen LogP contribution in [-0.2, 0) is 24.3 Å². The van der Waals surface area contributed by atoms with Gasteiger partial charge in [-0.05, 0) is 41.1 Å². The number of amides is 1. The van der Waals surface area contributed by atoms with Gasteiger partial charge in [0, 0.05) is 24.8 Å². The molecule has 118 valence electrons. The van der Waals surface area contributed by atoms with Crippen LogP contribution in [-0.4, -0.2) is 21.9 Å². The number of hydrogen-bond acceptors (Lipinski definition) is 2. The molecule has 2 heterocycles. The van der Waals surface area contributed by atoms with E-state index in [0.29, 0.717) is 18.7 Å². The molecule has 0 saturated carbocycles. The van der Waals surface area contributed by atoms with Crippen molar-refractivity contribution in [1.82, 2.24) is 9.47 Å². The Hall–Kier alpha value is -3.06. The van der Waals surface area contributed by atoms with E-state index in [9.17, 15) is 4.79 Å². The Morgan fingerprint density at radius 1 is 1.12 bits per heavy atom. The first-order valence-corrected chi connectivity index (χ1v) is 8.08. The maximum atomic E-state index is 12.7. The third kappa shape index (κ3) is 2.55. The van der Waals surface area contributed by atoms with E-state index >= 15 is 0 Å². The zero-order valence-corrected chi connectivity index (χ0v) is 13.3. The predicted molar refractivity (Wildman–Crippen MR) is 92.2 cm³/mol. The van der Waals surface area contributed by atoms with Gasteiger partial charge >= 0.3 is 0 Å². The summed E-state index contributed by atoms with van der Waals surface area (Å²) < 4.78 is 1.93. The van der Waals surface area contributed by atoms with Gasteiger partial charge in [-0.15, -0.1) is 0 Å². The van der Waals surface area contributed by atoms with Gasteiger partial charge < -0.3 is 9.47 Å². The van der Waals surface area contributed by atoms with Gasteiger partial charge in [-0.25, -0.2) is 0 Å². The van der Waals surface area contributed by atoms with E-state index in [1.54, 1.807) is 6.07 Å². The largest absolute Gasteiger partial charge is 0.338 e. The molecule has 1 aliphatic heterocycles. The Morgan fingerprint density at radius 2 is 1.96 bits per heavy atom. The maximum Gasteiger partial charge on any atom is 0.242 e. The topological polar surface area (TPSA) is 49.0 Å². The lowest BCUT2D eigenvalue weighted by Crippen LogP contribution is -2.37. The molecule has 0 bridgehead atoms. The molecule has 24 heavy (non-hydrogen) atoms. The monoisotopic (exact) mass is 315 g/mol. The van der Waals surface area contributed by atoms with E-state index in [2.05, 4.69) is 24.3 Å². The van der Waals surface area contributed by atoms with E-state index < -0.39 is 0 Å². The Kier molecular flexibility index (Phi) is 3.55. The molecule has 1 aromatic heterocycles. The Morgan fingerprint density at radius 3 is 2.79 bits per heavy atom. The third-order valence-corrected chi connectivity index (χ3v) is 4.69. The van der Waals surface area contributed by atoms with Gasteiger partial charge in [-0.2, -0.15) is 5.26 Å². The number of carbonyl (C=O) groups is 1. The summed E-state index contributed by atoms with van der Waals surface area (Å²) in [5.41, 5.74) is 4.12. The minimum absolute atomic E-state index is 0.115. The number of nitriles is 1. The Bertz CT molecular complexity index is 964. The number of aromatic nitrogens is 1. The number of benzene rings is 2. The average molecular weight is 315 g/mol. The second-order valence-electron chi connectivity index (χ2n) is 6.16. The van der Waals surface area contributed by atoms with Crippen molar-refractivity contribution in [3.8, 4) is 6.07 Å². The van der Waals surface area contributed by atoms with Crippen LogP contribution in [0.15, 0.2) is 54.7 Å². The number of fused-ring (bicyclic) bond motifs is 2. The lowest BCUT2D eigenvalue weighted by atomic mass is 10.00. The summed E-state index contributed by atoms with van der Waals surface area (Å²) in [5, 5.41) is 10.1. The second-order valence-corrected chi connectivity index (χ2v) is 6.16. The van der Waals surface area contributed by atoms with Crippen molar-refractivity contribution in [2.75, 3.05) is 6.54 Å². The van der Waals surface area contributed by atoms with Crippen molar-refractivity contribution < 1.29 is 4.79 Å². The first-order valence-electron chi connectivity index (χ1n) is 8.08. The molecular formula is C20H17N3O. The Balaban J connectivity index is 1.56. The quantitative estimate of drug-likeness (QED) is 0.729. The van der Waals surface area contributed by atoms with Crippen LogP contribution in [0.2, 0.25) is 0 Å². The molecule has 0 unspecified atom stereocenters. The van der Waals surface area contributed by atoms with E-state index in [4.69, 9.17) is 5.26 Å². The Labute approximate surface area is 140 Å². The third-order valence-electron chi connectivity index (χ3n) is 4.69. The zero-order chi connectivity index (χ0) is 16.5. The van der Waals surface area contributed by atoms with E-state index in [-0.39, 0.29) is 5.91 Å². The van der Waals surface area contributed by atoms with Crippen LogP contribution in [0.1, 0.15) is 16.7 Å². The lowest BCUT2D eigenvalue weighted by Gasteiger charge is -2.29. The van der Waals surface area contributed by atoms with Crippen LogP contribution in [0.5, 0.6) is 0 Å². The maximum absolute atomic E-state index is 12.7. The van der Waals surface area contributed by atoms with Crippen molar-refractivity contribution in [2.24, 2.45) is 0 Å². The van der Waals surface area contributed by atoms with Gasteiger partial charge in [-0.3, -0.25) is 4.79 Å². The lowest BCUT2D eigenvalue weighted by molar-refractivity contribution is -0.132. The van der Waals surface area contributed by atoms with E-state index in [1.807, 2.05) is 39.9 Å². The minimum Gasteiger partial charge on any atom is -0.338 e. The number of rotatable bonds is 2. The minimum atomic E-state index is 0.115. The predicted octanol–water partition coefficient (Wildman–Crippen LogP) is 3.10. The SMILES string of the molecule is N#Cc1ccc2ccn(CC(=O)N3CCc4ccccc4C3)c2c1. The molecule has 4 heteroatoms. The molecule has 0 N–H and O–H groups in total. The fraction of sp³-hybridized carbons (Fsp3) is 0.200. The highest BCUT2D eigenvalue weighted by Crippen LogP contribution is 2.21. The van der Waals surface area contributed by atoms with E-state index in [0.717, 1.165) is 23.9 Å². The summed E-state index contributed by atoms with van der Waals surface area (Å²) in [6.45, 7) is 1.75. The molecule has 3 aromatic rings. The van der Waals surface area contributed by atoms with Crippen LogP contribution >= 0.6 is 0 Å². The molecule has 1 aliphatic rings. The average Bonchev–Trinajstić information content (AvgIpc) is 3.03. The number of carbonyl (C=O) groups excluding carboxylic acids is 1. The highest BCUT2D eigenvalue weighted by Gasteiger charge is 2.20. The highest BCUT2D eigenvalue weighted by atomic mass is 16.2. The summed E-state index contributed by atoms with van der Waals surface area (Å²) in [4.78, 5) is 14.6. The fourth-order valence-corrected chi connectivity index (χ4v) is 3.35. The highest BCUT2D eigenvalue weighted by molar-refractivity contribution is 5.84. The molecule has 4 nitrogen and oxygen atoms in total. The van der Waals surface area contributed by atoms with Crippen molar-refractivity contribution in [3.63, 3.8) is 0 Å². The molecule has 0 radical (unpaired) electrons. The summed E-state index contributed by atoms with van der Waals surface area (Å²) >= 11 is 0. The summed E-state index contributed by atoms with van der Waals surface area (Å²) in [6, 6.07) is 18.0. The number of nitrogens with zero attached hydrogens (tertiary/aromatic N) is 3. The van der Waals surface area contributed by atoms with Gasteiger partial charge in [0.05, 0.1) is 11.6 Å². The van der Waals surface area contributed by atoms with Crippen LogP contribution in [0.4, 0.5) is 0 Å². The molecule has 0 atom stereocenters. The van der Waals surface area contributed by atoms with Crippen LogP contribution in [0.3, 0.4) is 0 Å². The molecule has 0 saturated heterocycles. The van der Waals surface area contributed by atoms with Crippen molar-refractivity contribution in [3.05, 3.63) is 71.4 Å². The first-order chi connectivity index (χ1) is 11.7. The van der Waals surface area contributed by atoms with Gasteiger partial charge in [0.2, 0.25) is 5.91 Å². The van der Waals surface area contributed by atoms with Crippen molar-refractivity contribution in [1.29, 1.82) is 5.26 Å². The molecule has 2 aromatic carbocycles. The number of hydrogen-bond donors (Lipinski definition) is 0. The van der Waals surface area contributed by atoms with Crippen LogP contribution in [0, 0.1) is 11.3 Å². The summed E-state index contributed by atoms with van der Waals surface area (Å²) in [5.74, 6) is 0.115. The second kappa shape index (κ2) is 5.86. The molecule has 0 fully saturated rings. The van der Waals surface area contributed by atoms with Gasteiger partial charge in [0.1, 0.15) is 6.54 Å². The fourth-order valence-electron chi connectivity index (χ4n) is 3.35. The van der Waals surface area contributed by atoms with Crippen molar-refractivity contribution >= 4 is 16.8 Å². The molecule has 0 aliphatic carbocycles. The molecule has 4 rings (SSSR count). The molecule has 1 amide bonds. The van der Waals surface area contributed by atoms with Gasteiger partial charge in [-0.1, -0.05) is 30.3 Å². The summed E-state index contributed by atoms with van der Waals surface area (Å²) in [7, 11) is 0. The standard InChI is InChI=1S/C20H17N3O/c21-12-15-5-6-17-8-9-22(19(17)11-15)14-20(24)23-10-7-16-3-1-2-4-18(16)13-23/h1-6,8-9,11H,7,10,13-14H2. The van der Waals surface area contributed by atoms with Crippen LogP contribution in [0.25, 0.3) is 10.9 Å². The van der Waals surface area contributed by atoms with Gasteiger partial charge in [0.15, 0.2) is 0 Å². The van der Waals surface area contributed by atoms with E-state index in [1.165, 1.54) is 11.1 Å². The van der Waals surface area contributed by atoms with Crippen molar-refractivity contribution in [2.45, 2.75) is 19.5 Å². The summed E-state index contributed by atoms with van der Waals surface area (Å²) in [6.07, 6.45) is 2.83. The molecular weight excluding hydrogens is 298 g/mol. The van der Waals surface area contributed by atoms with Crippen LogP contribution < -0.4 is 0 Å².